The zero-order valence-electron chi connectivity index (χ0n) is 15.3. The Morgan fingerprint density at radius 3 is 2.93 bits per heavy atom. The van der Waals surface area contributed by atoms with Crippen LogP contribution in [0.3, 0.4) is 0 Å². The van der Waals surface area contributed by atoms with Crippen molar-refractivity contribution in [2.45, 2.75) is 22.6 Å². The van der Waals surface area contributed by atoms with Crippen molar-refractivity contribution in [1.29, 1.82) is 0 Å². The summed E-state index contributed by atoms with van der Waals surface area (Å²) < 4.78 is 0.931. The number of carbonyl (C=O) groups is 1. The maximum absolute atomic E-state index is 12.1. The van der Waals surface area contributed by atoms with Gasteiger partial charge < -0.3 is 10.2 Å². The quantitative estimate of drug-likeness (QED) is 0.530. The number of likely N-dealkylation sites (tertiary alicyclic amines) is 1. The predicted molar refractivity (Wildman–Crippen MR) is 117 cm³/mol. The standard InChI is InChI=1S/C20H19BrN4OS2/c1-25-8-7-13(19(25)26)9-15-12-27-20(23-15)24-18-17(10-14(21)11-22-18)28-16-5-3-2-4-6-16/h2-6,10-13H,7-9H2,1H3,(H,22,23,24). The van der Waals surface area contributed by atoms with Gasteiger partial charge in [0.1, 0.15) is 5.82 Å². The first-order chi connectivity index (χ1) is 13.6. The molecule has 1 atom stereocenters. The van der Waals surface area contributed by atoms with Crippen LogP contribution in [0.2, 0.25) is 0 Å². The lowest BCUT2D eigenvalue weighted by Gasteiger charge is -2.10. The van der Waals surface area contributed by atoms with Gasteiger partial charge in [-0.15, -0.1) is 11.3 Å². The Morgan fingerprint density at radius 1 is 1.36 bits per heavy atom. The number of halogens is 1. The van der Waals surface area contributed by atoms with Gasteiger partial charge >= 0.3 is 0 Å². The number of anilines is 2. The number of nitrogens with zero attached hydrogens (tertiary/aromatic N) is 3. The SMILES string of the molecule is CN1CCC(Cc2csc(Nc3ncc(Br)cc3Sc3ccccc3)n2)C1=O. The van der Waals surface area contributed by atoms with Crippen molar-refractivity contribution in [2.75, 3.05) is 18.9 Å². The van der Waals surface area contributed by atoms with Crippen LogP contribution in [0.15, 0.2) is 62.2 Å². The van der Waals surface area contributed by atoms with Gasteiger partial charge in [-0.1, -0.05) is 30.0 Å². The molecule has 2 aromatic heterocycles. The maximum atomic E-state index is 12.1. The number of benzene rings is 1. The van der Waals surface area contributed by atoms with E-state index in [0.717, 1.165) is 43.9 Å². The van der Waals surface area contributed by atoms with E-state index in [1.54, 1.807) is 34.2 Å². The van der Waals surface area contributed by atoms with Crippen LogP contribution in [-0.2, 0) is 11.2 Å². The van der Waals surface area contributed by atoms with Crippen molar-refractivity contribution in [2.24, 2.45) is 5.92 Å². The molecule has 4 rings (SSSR count). The maximum Gasteiger partial charge on any atom is 0.225 e. The first-order valence-corrected chi connectivity index (χ1v) is 11.4. The molecule has 3 heterocycles. The minimum Gasteiger partial charge on any atom is -0.345 e. The summed E-state index contributed by atoms with van der Waals surface area (Å²) >= 11 is 6.70. The Morgan fingerprint density at radius 2 is 2.18 bits per heavy atom. The van der Waals surface area contributed by atoms with E-state index in [9.17, 15) is 4.79 Å². The van der Waals surface area contributed by atoms with Crippen LogP contribution in [0, 0.1) is 5.92 Å². The highest BCUT2D eigenvalue weighted by Crippen LogP contribution is 2.36. The molecule has 0 saturated carbocycles. The molecule has 1 aliphatic rings. The monoisotopic (exact) mass is 474 g/mol. The second-order valence-electron chi connectivity index (χ2n) is 6.63. The van der Waals surface area contributed by atoms with E-state index >= 15 is 0 Å². The highest BCUT2D eigenvalue weighted by molar-refractivity contribution is 9.10. The van der Waals surface area contributed by atoms with Crippen molar-refractivity contribution in [1.82, 2.24) is 14.9 Å². The minimum atomic E-state index is 0.0509. The molecule has 1 aromatic carbocycles. The first-order valence-electron chi connectivity index (χ1n) is 8.93. The fraction of sp³-hybridized carbons (Fsp3) is 0.250. The van der Waals surface area contributed by atoms with Gasteiger partial charge in [0.15, 0.2) is 5.13 Å². The summed E-state index contributed by atoms with van der Waals surface area (Å²) in [6.07, 6.45) is 3.38. The molecular weight excluding hydrogens is 456 g/mol. The zero-order valence-corrected chi connectivity index (χ0v) is 18.5. The molecule has 1 unspecified atom stereocenters. The van der Waals surface area contributed by atoms with Crippen LogP contribution in [0.1, 0.15) is 12.1 Å². The fourth-order valence-electron chi connectivity index (χ4n) is 3.10. The van der Waals surface area contributed by atoms with Gasteiger partial charge in [-0.2, -0.15) is 0 Å². The number of pyridine rings is 1. The number of thiazole rings is 1. The van der Waals surface area contributed by atoms with Gasteiger partial charge in [-0.3, -0.25) is 4.79 Å². The van der Waals surface area contributed by atoms with Crippen molar-refractivity contribution in [3.8, 4) is 0 Å². The summed E-state index contributed by atoms with van der Waals surface area (Å²) in [4.78, 5) is 25.3. The molecular formula is C20H19BrN4OS2. The molecule has 8 heteroatoms. The number of hydrogen-bond acceptors (Lipinski definition) is 6. The lowest BCUT2D eigenvalue weighted by Crippen LogP contribution is -2.23. The van der Waals surface area contributed by atoms with E-state index in [1.807, 2.05) is 30.6 Å². The summed E-state index contributed by atoms with van der Waals surface area (Å²) in [5.41, 5.74) is 0.954. The second kappa shape index (κ2) is 8.63. The van der Waals surface area contributed by atoms with Crippen LogP contribution in [0.5, 0.6) is 0 Å². The van der Waals surface area contributed by atoms with Gasteiger partial charge in [0.05, 0.1) is 10.6 Å². The summed E-state index contributed by atoms with van der Waals surface area (Å²) in [7, 11) is 1.86. The third-order valence-electron chi connectivity index (χ3n) is 4.56. The molecule has 28 heavy (non-hydrogen) atoms. The van der Waals surface area contributed by atoms with Crippen molar-refractivity contribution in [3.63, 3.8) is 0 Å². The molecule has 0 spiro atoms. The molecule has 1 aliphatic heterocycles. The van der Waals surface area contributed by atoms with Gasteiger partial charge in [0.25, 0.3) is 0 Å². The summed E-state index contributed by atoms with van der Waals surface area (Å²) in [5, 5.41) is 6.16. The molecule has 5 nitrogen and oxygen atoms in total. The number of hydrogen-bond donors (Lipinski definition) is 1. The van der Waals surface area contributed by atoms with E-state index in [-0.39, 0.29) is 11.8 Å². The lowest BCUT2D eigenvalue weighted by atomic mass is 10.0. The average molecular weight is 475 g/mol. The number of nitrogens with one attached hydrogen (secondary N) is 1. The van der Waals surface area contributed by atoms with E-state index < -0.39 is 0 Å². The molecule has 0 bridgehead atoms. The van der Waals surface area contributed by atoms with Crippen LogP contribution in [0.25, 0.3) is 0 Å². The average Bonchev–Trinajstić information content (AvgIpc) is 3.26. The topological polar surface area (TPSA) is 58.1 Å². The number of carbonyl (C=O) groups excluding carboxylic acids is 1. The lowest BCUT2D eigenvalue weighted by molar-refractivity contribution is -0.129. The molecule has 0 aliphatic carbocycles. The highest BCUT2D eigenvalue weighted by atomic mass is 79.9. The van der Waals surface area contributed by atoms with Crippen molar-refractivity contribution >= 4 is 55.9 Å². The number of rotatable bonds is 6. The Labute approximate surface area is 180 Å². The van der Waals surface area contributed by atoms with Crippen LogP contribution in [-0.4, -0.2) is 34.4 Å². The third kappa shape index (κ3) is 4.56. The van der Waals surface area contributed by atoms with Gasteiger partial charge in [-0.25, -0.2) is 9.97 Å². The predicted octanol–water partition coefficient (Wildman–Crippen LogP) is 5.22. The van der Waals surface area contributed by atoms with Gasteiger partial charge in [0, 0.05) is 46.9 Å². The van der Waals surface area contributed by atoms with E-state index in [4.69, 9.17) is 0 Å². The number of aromatic nitrogens is 2. The molecule has 144 valence electrons. The zero-order chi connectivity index (χ0) is 19.5. The van der Waals surface area contributed by atoms with E-state index in [0.29, 0.717) is 6.42 Å². The van der Waals surface area contributed by atoms with Crippen LogP contribution < -0.4 is 5.32 Å². The molecule has 1 amide bonds. The Bertz CT molecular complexity index is 979. The normalized spacial score (nSPS) is 16.6. The Kier molecular flexibility index (Phi) is 5.99. The third-order valence-corrected chi connectivity index (χ3v) is 6.84. The van der Waals surface area contributed by atoms with Gasteiger partial charge in [0.2, 0.25) is 5.91 Å². The molecule has 1 saturated heterocycles. The Hall–Kier alpha value is -1.90. The van der Waals surface area contributed by atoms with Gasteiger partial charge in [-0.05, 0) is 40.5 Å². The largest absolute Gasteiger partial charge is 0.345 e. The van der Waals surface area contributed by atoms with E-state index in [2.05, 4.69) is 49.4 Å². The summed E-state index contributed by atoms with van der Waals surface area (Å²) in [5.74, 6) is 1.04. The first kappa shape index (κ1) is 19.4. The molecule has 1 fully saturated rings. The summed E-state index contributed by atoms with van der Waals surface area (Å²) in [6.45, 7) is 0.835. The van der Waals surface area contributed by atoms with E-state index in [1.165, 1.54) is 0 Å². The molecule has 0 radical (unpaired) electrons. The van der Waals surface area contributed by atoms with Crippen LogP contribution in [0.4, 0.5) is 10.9 Å². The summed E-state index contributed by atoms with van der Waals surface area (Å²) in [6, 6.07) is 12.3. The molecule has 1 N–H and O–H groups in total. The van der Waals surface area contributed by atoms with Crippen molar-refractivity contribution in [3.05, 3.63) is 58.1 Å². The Balaban J connectivity index is 1.49. The number of amides is 1. The fourth-order valence-corrected chi connectivity index (χ4v) is 5.24. The minimum absolute atomic E-state index is 0.0509. The van der Waals surface area contributed by atoms with Crippen molar-refractivity contribution < 1.29 is 4.79 Å². The van der Waals surface area contributed by atoms with Crippen LogP contribution >= 0.6 is 39.0 Å². The molecule has 3 aromatic rings. The highest BCUT2D eigenvalue weighted by Gasteiger charge is 2.29. The second-order valence-corrected chi connectivity index (χ2v) is 9.52. The smallest absolute Gasteiger partial charge is 0.225 e.